The van der Waals surface area contributed by atoms with Crippen LogP contribution >= 0.6 is 23.1 Å². The second-order valence-electron chi connectivity index (χ2n) is 5.01. The summed E-state index contributed by atoms with van der Waals surface area (Å²) in [6.07, 6.45) is 1.19. The Morgan fingerprint density at radius 3 is 2.82 bits per heavy atom. The Bertz CT molecular complexity index is 390. The van der Waals surface area contributed by atoms with Crippen LogP contribution in [-0.2, 0) is 6.61 Å². The number of aromatic nitrogens is 1. The quantitative estimate of drug-likeness (QED) is 0.898. The second-order valence-corrected chi connectivity index (χ2v) is 7.87. The molecule has 2 rings (SSSR count). The monoisotopic (exact) mass is 272 g/mol. The van der Waals surface area contributed by atoms with Crippen molar-refractivity contribution in [2.75, 3.05) is 23.7 Å². The van der Waals surface area contributed by atoms with Gasteiger partial charge in [0.25, 0.3) is 0 Å². The third-order valence-electron chi connectivity index (χ3n) is 3.13. The van der Waals surface area contributed by atoms with Crippen molar-refractivity contribution in [2.45, 2.75) is 38.5 Å². The number of anilines is 1. The molecule has 1 aliphatic rings. The molecule has 1 saturated heterocycles. The molecule has 3 nitrogen and oxygen atoms in total. The summed E-state index contributed by atoms with van der Waals surface area (Å²) in [6.45, 7) is 8.84. The molecule has 1 aromatic heterocycles. The summed E-state index contributed by atoms with van der Waals surface area (Å²) in [7, 11) is 0. The minimum atomic E-state index is 0.109. The summed E-state index contributed by atoms with van der Waals surface area (Å²) in [5.41, 5.74) is 0.976. The molecule has 0 atom stereocenters. The predicted octanol–water partition coefficient (Wildman–Crippen LogP) is 2.67. The van der Waals surface area contributed by atoms with E-state index < -0.39 is 0 Å². The molecule has 0 spiro atoms. The van der Waals surface area contributed by atoms with Crippen molar-refractivity contribution >= 4 is 28.2 Å². The van der Waals surface area contributed by atoms with Gasteiger partial charge in [0.15, 0.2) is 5.13 Å². The van der Waals surface area contributed by atoms with Gasteiger partial charge < -0.3 is 10.0 Å². The van der Waals surface area contributed by atoms with E-state index in [0.717, 1.165) is 34.5 Å². The fourth-order valence-electron chi connectivity index (χ4n) is 1.91. The zero-order valence-electron chi connectivity index (χ0n) is 10.7. The molecule has 17 heavy (non-hydrogen) atoms. The number of rotatable bonds is 2. The van der Waals surface area contributed by atoms with Gasteiger partial charge in [-0.1, -0.05) is 25.2 Å². The molecule has 0 saturated carbocycles. The van der Waals surface area contributed by atoms with Gasteiger partial charge in [0.05, 0.1) is 17.2 Å². The Morgan fingerprint density at radius 1 is 1.41 bits per heavy atom. The van der Waals surface area contributed by atoms with Crippen LogP contribution in [0.4, 0.5) is 5.13 Å². The number of thiazole rings is 1. The SMILES string of the molecule is Cc1nc(N2CCSC(C)(C)CC2)sc1CO. The number of aliphatic hydroxyl groups is 1. The van der Waals surface area contributed by atoms with Crippen LogP contribution in [0.2, 0.25) is 0 Å². The Kier molecular flexibility index (Phi) is 4.00. The molecular weight excluding hydrogens is 252 g/mol. The summed E-state index contributed by atoms with van der Waals surface area (Å²) in [6, 6.07) is 0. The largest absolute Gasteiger partial charge is 0.391 e. The van der Waals surface area contributed by atoms with Crippen molar-refractivity contribution in [3.8, 4) is 0 Å². The van der Waals surface area contributed by atoms with Crippen LogP contribution in [-0.4, -0.2) is 33.7 Å². The first-order valence-electron chi connectivity index (χ1n) is 5.98. The standard InChI is InChI=1S/C12H20N2OS2/c1-9-10(8-15)17-11(13-9)14-5-4-12(2,3)16-7-6-14/h15H,4-8H2,1-3H3. The number of aryl methyl sites for hydroxylation is 1. The highest BCUT2D eigenvalue weighted by Crippen LogP contribution is 2.34. The molecule has 1 N–H and O–H groups in total. The minimum absolute atomic E-state index is 0.109. The molecule has 0 radical (unpaired) electrons. The fraction of sp³-hybridized carbons (Fsp3) is 0.750. The van der Waals surface area contributed by atoms with Crippen LogP contribution < -0.4 is 4.90 Å². The molecule has 1 fully saturated rings. The number of aliphatic hydroxyl groups excluding tert-OH is 1. The van der Waals surface area contributed by atoms with Gasteiger partial charge in [-0.25, -0.2) is 4.98 Å². The van der Waals surface area contributed by atoms with E-state index in [2.05, 4.69) is 23.7 Å². The van der Waals surface area contributed by atoms with Crippen molar-refractivity contribution in [2.24, 2.45) is 0 Å². The summed E-state index contributed by atoms with van der Waals surface area (Å²) < 4.78 is 0.376. The van der Waals surface area contributed by atoms with Gasteiger partial charge >= 0.3 is 0 Å². The molecule has 0 bridgehead atoms. The van der Waals surface area contributed by atoms with Gasteiger partial charge in [-0.05, 0) is 13.3 Å². The van der Waals surface area contributed by atoms with E-state index in [0.29, 0.717) is 4.75 Å². The van der Waals surface area contributed by atoms with E-state index in [1.165, 1.54) is 6.42 Å². The molecule has 0 aromatic carbocycles. The van der Waals surface area contributed by atoms with Crippen LogP contribution in [0.3, 0.4) is 0 Å². The predicted molar refractivity (Wildman–Crippen MR) is 76.1 cm³/mol. The van der Waals surface area contributed by atoms with Gasteiger partial charge in [-0.3, -0.25) is 0 Å². The van der Waals surface area contributed by atoms with E-state index in [9.17, 15) is 5.11 Å². The molecule has 5 heteroatoms. The maximum atomic E-state index is 9.22. The normalized spacial score (nSPS) is 20.4. The van der Waals surface area contributed by atoms with Gasteiger partial charge in [-0.2, -0.15) is 11.8 Å². The highest BCUT2D eigenvalue weighted by molar-refractivity contribution is 8.00. The van der Waals surface area contributed by atoms with Crippen molar-refractivity contribution in [3.63, 3.8) is 0 Å². The van der Waals surface area contributed by atoms with E-state index in [1.54, 1.807) is 11.3 Å². The maximum absolute atomic E-state index is 9.22. The lowest BCUT2D eigenvalue weighted by molar-refractivity contribution is 0.284. The molecule has 2 heterocycles. The molecule has 0 aliphatic carbocycles. The maximum Gasteiger partial charge on any atom is 0.185 e. The molecule has 1 aliphatic heterocycles. The highest BCUT2D eigenvalue weighted by Gasteiger charge is 2.25. The number of hydrogen-bond acceptors (Lipinski definition) is 5. The van der Waals surface area contributed by atoms with Gasteiger partial charge in [-0.15, -0.1) is 0 Å². The second kappa shape index (κ2) is 5.16. The third kappa shape index (κ3) is 3.14. The zero-order valence-corrected chi connectivity index (χ0v) is 12.3. The van der Waals surface area contributed by atoms with E-state index in [4.69, 9.17) is 0 Å². The smallest absolute Gasteiger partial charge is 0.185 e. The van der Waals surface area contributed by atoms with Gasteiger partial charge in [0.1, 0.15) is 0 Å². The average molecular weight is 272 g/mol. The van der Waals surface area contributed by atoms with Crippen LogP contribution in [0.25, 0.3) is 0 Å². The summed E-state index contributed by atoms with van der Waals surface area (Å²) in [5, 5.41) is 10.3. The van der Waals surface area contributed by atoms with E-state index >= 15 is 0 Å². The van der Waals surface area contributed by atoms with Crippen molar-refractivity contribution in [1.82, 2.24) is 4.98 Å². The number of nitrogens with zero attached hydrogens (tertiary/aromatic N) is 2. The highest BCUT2D eigenvalue weighted by atomic mass is 32.2. The van der Waals surface area contributed by atoms with Crippen LogP contribution in [0.5, 0.6) is 0 Å². The summed E-state index contributed by atoms with van der Waals surface area (Å²) in [4.78, 5) is 7.93. The van der Waals surface area contributed by atoms with Gasteiger partial charge in [0, 0.05) is 23.6 Å². The zero-order chi connectivity index (χ0) is 12.5. The van der Waals surface area contributed by atoms with Crippen LogP contribution in [0.15, 0.2) is 0 Å². The third-order valence-corrected chi connectivity index (χ3v) is 5.71. The van der Waals surface area contributed by atoms with Crippen molar-refractivity contribution < 1.29 is 5.11 Å². The first-order valence-corrected chi connectivity index (χ1v) is 7.78. The summed E-state index contributed by atoms with van der Waals surface area (Å²) >= 11 is 3.67. The lowest BCUT2D eigenvalue weighted by Gasteiger charge is -2.22. The van der Waals surface area contributed by atoms with Crippen molar-refractivity contribution in [3.05, 3.63) is 10.6 Å². The molecular formula is C12H20N2OS2. The molecule has 0 unspecified atom stereocenters. The fourth-order valence-corrected chi connectivity index (χ4v) is 3.98. The lowest BCUT2D eigenvalue weighted by atomic mass is 10.1. The van der Waals surface area contributed by atoms with Gasteiger partial charge in [0.2, 0.25) is 0 Å². The Morgan fingerprint density at radius 2 is 2.18 bits per heavy atom. The van der Waals surface area contributed by atoms with E-state index in [-0.39, 0.29) is 6.61 Å². The van der Waals surface area contributed by atoms with E-state index in [1.807, 2.05) is 18.7 Å². The number of hydrogen-bond donors (Lipinski definition) is 1. The first kappa shape index (κ1) is 13.2. The Balaban J connectivity index is 2.11. The molecule has 1 aromatic rings. The van der Waals surface area contributed by atoms with Crippen molar-refractivity contribution in [1.29, 1.82) is 0 Å². The average Bonchev–Trinajstić information content (AvgIpc) is 2.54. The molecule has 0 amide bonds. The Labute approximate surface area is 111 Å². The molecule has 96 valence electrons. The van der Waals surface area contributed by atoms with Crippen LogP contribution in [0.1, 0.15) is 30.8 Å². The topological polar surface area (TPSA) is 36.4 Å². The first-order chi connectivity index (χ1) is 8.02. The minimum Gasteiger partial charge on any atom is -0.391 e. The van der Waals surface area contributed by atoms with Crippen LogP contribution in [0, 0.1) is 6.92 Å². The lowest BCUT2D eigenvalue weighted by Crippen LogP contribution is -2.26. The summed E-state index contributed by atoms with van der Waals surface area (Å²) in [5.74, 6) is 1.15. The number of thioether (sulfide) groups is 1. The Hall–Kier alpha value is -0.260.